The van der Waals surface area contributed by atoms with E-state index in [1.54, 1.807) is 20.8 Å². The molecular weight excluding hydrogens is 274 g/mol. The van der Waals surface area contributed by atoms with Gasteiger partial charge in [-0.05, 0) is 20.8 Å². The van der Waals surface area contributed by atoms with Crippen molar-refractivity contribution in [1.29, 1.82) is 0 Å². The van der Waals surface area contributed by atoms with E-state index < -0.39 is 30.1 Å². The Balaban J connectivity index is 2.44. The topological polar surface area (TPSA) is 70.1 Å². The van der Waals surface area contributed by atoms with Crippen LogP contribution in [0, 0.1) is 0 Å². The first-order valence-corrected chi connectivity index (χ1v) is 6.33. The van der Waals surface area contributed by atoms with Crippen molar-refractivity contribution in [2.24, 2.45) is 0 Å². The number of aliphatic carboxylic acids is 1. The van der Waals surface area contributed by atoms with Gasteiger partial charge in [-0.3, -0.25) is 4.90 Å². The van der Waals surface area contributed by atoms with E-state index in [9.17, 15) is 18.4 Å². The molecule has 0 saturated carbocycles. The van der Waals surface area contributed by atoms with Crippen molar-refractivity contribution in [2.75, 3.05) is 32.7 Å². The summed E-state index contributed by atoms with van der Waals surface area (Å²) in [5.74, 6) is -5.90. The molecular formula is C12H20F2N2O4. The fourth-order valence-corrected chi connectivity index (χ4v) is 1.76. The Morgan fingerprint density at radius 2 is 1.65 bits per heavy atom. The quantitative estimate of drug-likeness (QED) is 0.848. The highest BCUT2D eigenvalue weighted by molar-refractivity contribution is 5.75. The summed E-state index contributed by atoms with van der Waals surface area (Å²) in [7, 11) is 0. The van der Waals surface area contributed by atoms with Gasteiger partial charge in [0.25, 0.3) is 0 Å². The molecule has 8 heteroatoms. The predicted molar refractivity (Wildman–Crippen MR) is 66.8 cm³/mol. The van der Waals surface area contributed by atoms with Crippen LogP contribution < -0.4 is 0 Å². The fourth-order valence-electron chi connectivity index (χ4n) is 1.76. The van der Waals surface area contributed by atoms with E-state index in [0.717, 1.165) is 0 Å². The lowest BCUT2D eigenvalue weighted by molar-refractivity contribution is -0.168. The maximum absolute atomic E-state index is 13.1. The largest absolute Gasteiger partial charge is 0.477 e. The summed E-state index contributed by atoms with van der Waals surface area (Å²) in [4.78, 5) is 24.9. The van der Waals surface area contributed by atoms with Crippen molar-refractivity contribution in [3.8, 4) is 0 Å². The number of alkyl halides is 2. The second kappa shape index (κ2) is 5.90. The maximum atomic E-state index is 13.1. The van der Waals surface area contributed by atoms with Gasteiger partial charge in [0.1, 0.15) is 5.60 Å². The third-order valence-electron chi connectivity index (χ3n) is 2.76. The monoisotopic (exact) mass is 294 g/mol. The first-order chi connectivity index (χ1) is 9.01. The second-order valence-corrected chi connectivity index (χ2v) is 5.75. The molecule has 0 aromatic carbocycles. The van der Waals surface area contributed by atoms with E-state index in [1.807, 2.05) is 0 Å². The molecule has 116 valence electrons. The Kier molecular flexibility index (Phi) is 4.90. The Hall–Kier alpha value is -1.44. The summed E-state index contributed by atoms with van der Waals surface area (Å²) in [6.45, 7) is 5.27. The lowest BCUT2D eigenvalue weighted by atomic mass is 10.2. The molecule has 0 atom stereocenters. The second-order valence-electron chi connectivity index (χ2n) is 5.75. The van der Waals surface area contributed by atoms with Gasteiger partial charge in [0.2, 0.25) is 0 Å². The number of nitrogens with zero attached hydrogens (tertiary/aromatic N) is 2. The van der Waals surface area contributed by atoms with E-state index in [0.29, 0.717) is 0 Å². The summed E-state index contributed by atoms with van der Waals surface area (Å²) < 4.78 is 31.3. The smallest absolute Gasteiger partial charge is 0.410 e. The van der Waals surface area contributed by atoms with Gasteiger partial charge in [0, 0.05) is 26.2 Å². The molecule has 1 aliphatic rings. The van der Waals surface area contributed by atoms with Crippen molar-refractivity contribution in [3.63, 3.8) is 0 Å². The number of carboxylic acids is 1. The molecule has 20 heavy (non-hydrogen) atoms. The van der Waals surface area contributed by atoms with E-state index >= 15 is 0 Å². The third kappa shape index (κ3) is 4.92. The molecule has 0 aromatic rings. The lowest BCUT2D eigenvalue weighted by Crippen LogP contribution is -2.53. The fraction of sp³-hybridized carbons (Fsp3) is 0.833. The van der Waals surface area contributed by atoms with Crippen molar-refractivity contribution in [3.05, 3.63) is 0 Å². The number of carbonyl (C=O) groups excluding carboxylic acids is 1. The molecule has 1 amide bonds. The highest BCUT2D eigenvalue weighted by Crippen LogP contribution is 2.17. The van der Waals surface area contributed by atoms with Crippen LogP contribution >= 0.6 is 0 Å². The zero-order chi connectivity index (χ0) is 15.6. The number of hydrogen-bond acceptors (Lipinski definition) is 4. The molecule has 0 aliphatic carbocycles. The lowest BCUT2D eigenvalue weighted by Gasteiger charge is -2.36. The Labute approximate surface area is 116 Å². The van der Waals surface area contributed by atoms with Gasteiger partial charge in [0.05, 0.1) is 6.54 Å². The molecule has 0 unspecified atom stereocenters. The summed E-state index contributed by atoms with van der Waals surface area (Å²) >= 11 is 0. The molecule has 6 nitrogen and oxygen atoms in total. The van der Waals surface area contributed by atoms with Gasteiger partial charge in [0.15, 0.2) is 0 Å². The van der Waals surface area contributed by atoms with Crippen molar-refractivity contribution in [1.82, 2.24) is 9.80 Å². The summed E-state index contributed by atoms with van der Waals surface area (Å²) in [5.41, 5.74) is -0.607. The number of hydrogen-bond donors (Lipinski definition) is 1. The first kappa shape index (κ1) is 16.6. The molecule has 0 radical (unpaired) electrons. The number of carbonyl (C=O) groups is 2. The third-order valence-corrected chi connectivity index (χ3v) is 2.76. The van der Waals surface area contributed by atoms with Gasteiger partial charge in [-0.15, -0.1) is 0 Å². The Morgan fingerprint density at radius 3 is 2.05 bits per heavy atom. The van der Waals surface area contributed by atoms with Crippen LogP contribution in [0.2, 0.25) is 0 Å². The maximum Gasteiger partial charge on any atom is 0.410 e. The van der Waals surface area contributed by atoms with Crippen LogP contribution in [0.15, 0.2) is 0 Å². The summed E-state index contributed by atoms with van der Waals surface area (Å²) in [6.07, 6.45) is -0.484. The minimum atomic E-state index is -3.77. The molecule has 1 rings (SSSR count). The van der Waals surface area contributed by atoms with E-state index in [-0.39, 0.29) is 26.2 Å². The molecule has 0 spiro atoms. The van der Waals surface area contributed by atoms with Gasteiger partial charge in [-0.25, -0.2) is 9.59 Å². The zero-order valence-electron chi connectivity index (χ0n) is 11.9. The molecule has 0 aromatic heterocycles. The summed E-state index contributed by atoms with van der Waals surface area (Å²) in [6, 6.07) is 0. The highest BCUT2D eigenvalue weighted by Gasteiger charge is 2.41. The van der Waals surface area contributed by atoms with E-state index in [1.165, 1.54) is 9.80 Å². The number of piperazine rings is 1. The molecule has 1 aliphatic heterocycles. The predicted octanol–water partition coefficient (Wildman–Crippen LogP) is 1.26. The average molecular weight is 294 g/mol. The van der Waals surface area contributed by atoms with Crippen LogP contribution in [-0.4, -0.2) is 71.2 Å². The molecule has 0 bridgehead atoms. The van der Waals surface area contributed by atoms with Crippen molar-refractivity contribution < 1.29 is 28.2 Å². The standard InChI is InChI=1S/C12H20F2N2O4/c1-11(2,3)20-10(19)16-6-4-15(5-7-16)8-12(13,14)9(17)18/h4-8H2,1-3H3,(H,17,18). The molecule has 1 fully saturated rings. The number of carboxylic acid groups (broad SMARTS) is 1. The molecule has 1 N–H and O–H groups in total. The van der Waals surface area contributed by atoms with Crippen LogP contribution in [0.1, 0.15) is 20.8 Å². The van der Waals surface area contributed by atoms with E-state index in [2.05, 4.69) is 0 Å². The minimum Gasteiger partial charge on any atom is -0.477 e. The number of ether oxygens (including phenoxy) is 1. The number of rotatable bonds is 3. The number of halogens is 2. The van der Waals surface area contributed by atoms with Gasteiger partial charge in [-0.1, -0.05) is 0 Å². The van der Waals surface area contributed by atoms with Crippen molar-refractivity contribution >= 4 is 12.1 Å². The van der Waals surface area contributed by atoms with Crippen LogP contribution in [0.25, 0.3) is 0 Å². The highest BCUT2D eigenvalue weighted by atomic mass is 19.3. The number of amides is 1. The van der Waals surface area contributed by atoms with Crippen LogP contribution in [0.3, 0.4) is 0 Å². The van der Waals surface area contributed by atoms with Crippen LogP contribution in [-0.2, 0) is 9.53 Å². The Morgan fingerprint density at radius 1 is 1.15 bits per heavy atom. The molecule has 1 saturated heterocycles. The first-order valence-electron chi connectivity index (χ1n) is 6.33. The molecule has 1 heterocycles. The van der Waals surface area contributed by atoms with E-state index in [4.69, 9.17) is 9.84 Å². The Bertz CT molecular complexity index is 374. The van der Waals surface area contributed by atoms with Gasteiger partial charge >= 0.3 is 18.0 Å². The zero-order valence-corrected chi connectivity index (χ0v) is 11.9. The van der Waals surface area contributed by atoms with Gasteiger partial charge < -0.3 is 14.7 Å². The summed E-state index contributed by atoms with van der Waals surface area (Å²) in [5, 5.41) is 8.38. The van der Waals surface area contributed by atoms with Crippen LogP contribution in [0.5, 0.6) is 0 Å². The normalized spacial score (nSPS) is 17.9. The van der Waals surface area contributed by atoms with Crippen LogP contribution in [0.4, 0.5) is 13.6 Å². The average Bonchev–Trinajstić information content (AvgIpc) is 2.26. The SMILES string of the molecule is CC(C)(C)OC(=O)N1CCN(CC(F)(F)C(=O)O)CC1. The van der Waals surface area contributed by atoms with Crippen molar-refractivity contribution in [2.45, 2.75) is 32.3 Å². The minimum absolute atomic E-state index is 0.197. The van der Waals surface area contributed by atoms with Gasteiger partial charge in [-0.2, -0.15) is 8.78 Å².